The van der Waals surface area contributed by atoms with E-state index in [1.165, 1.54) is 5.56 Å². The van der Waals surface area contributed by atoms with Crippen molar-refractivity contribution >= 4 is 0 Å². The van der Waals surface area contributed by atoms with Crippen molar-refractivity contribution in [2.24, 2.45) is 0 Å². The van der Waals surface area contributed by atoms with Crippen LogP contribution in [0.25, 0.3) is 0 Å². The molecule has 1 aromatic heterocycles. The van der Waals surface area contributed by atoms with E-state index in [9.17, 15) is 0 Å². The van der Waals surface area contributed by atoms with E-state index in [1.807, 2.05) is 0 Å². The molecular weight excluding hydrogens is 186 g/mol. The van der Waals surface area contributed by atoms with Crippen LogP contribution in [-0.4, -0.2) is 12.1 Å². The molecule has 2 nitrogen and oxygen atoms in total. The molecule has 0 aliphatic rings. The van der Waals surface area contributed by atoms with Crippen LogP contribution >= 0.6 is 0 Å². The minimum absolute atomic E-state index is 0.403. The predicted octanol–water partition coefficient (Wildman–Crippen LogP) is 3.65. The minimum atomic E-state index is 0.403. The molecule has 0 saturated carbocycles. The fourth-order valence-corrected chi connectivity index (χ4v) is 1.78. The first kappa shape index (κ1) is 12.0. The van der Waals surface area contributed by atoms with Crippen molar-refractivity contribution in [2.45, 2.75) is 46.5 Å². The van der Waals surface area contributed by atoms with Gasteiger partial charge in [-0.3, -0.25) is 4.98 Å². The maximum Gasteiger partial charge on any atom is 0.140 e. The van der Waals surface area contributed by atoms with Gasteiger partial charge in [-0.2, -0.15) is 0 Å². The third kappa shape index (κ3) is 2.49. The highest BCUT2D eigenvalue weighted by molar-refractivity contribution is 5.38. The number of ether oxygens (including phenoxy) is 1. The van der Waals surface area contributed by atoms with Crippen LogP contribution in [0.5, 0.6) is 5.75 Å². The Morgan fingerprint density at radius 1 is 1.13 bits per heavy atom. The number of aromatic nitrogens is 1. The second-order valence-electron chi connectivity index (χ2n) is 4.56. The Morgan fingerprint density at radius 3 is 2.13 bits per heavy atom. The zero-order chi connectivity index (χ0) is 11.6. The van der Waals surface area contributed by atoms with Gasteiger partial charge >= 0.3 is 0 Å². The van der Waals surface area contributed by atoms with Crippen molar-refractivity contribution in [3.8, 4) is 5.75 Å². The first-order valence-electron chi connectivity index (χ1n) is 5.52. The van der Waals surface area contributed by atoms with Gasteiger partial charge in [0.05, 0.1) is 12.8 Å². The molecule has 0 aliphatic carbocycles. The molecule has 0 radical (unpaired) electrons. The SMILES string of the molecule is COc1cc(C(C)C)c(C)nc1C(C)C. The van der Waals surface area contributed by atoms with Gasteiger partial charge < -0.3 is 4.74 Å². The van der Waals surface area contributed by atoms with Crippen molar-refractivity contribution in [1.29, 1.82) is 0 Å². The highest BCUT2D eigenvalue weighted by Crippen LogP contribution is 2.29. The molecule has 0 bridgehead atoms. The van der Waals surface area contributed by atoms with Gasteiger partial charge in [-0.05, 0) is 30.4 Å². The highest BCUT2D eigenvalue weighted by atomic mass is 16.5. The molecule has 0 spiro atoms. The third-order valence-corrected chi connectivity index (χ3v) is 2.63. The summed E-state index contributed by atoms with van der Waals surface area (Å²) in [5, 5.41) is 0. The Hall–Kier alpha value is -1.05. The van der Waals surface area contributed by atoms with Crippen molar-refractivity contribution < 1.29 is 4.74 Å². The minimum Gasteiger partial charge on any atom is -0.495 e. The monoisotopic (exact) mass is 207 g/mol. The molecule has 0 fully saturated rings. The molecule has 0 saturated heterocycles. The van der Waals surface area contributed by atoms with Crippen LogP contribution in [0.15, 0.2) is 6.07 Å². The zero-order valence-electron chi connectivity index (χ0n) is 10.6. The molecule has 0 aromatic carbocycles. The van der Waals surface area contributed by atoms with Crippen molar-refractivity contribution in [3.05, 3.63) is 23.0 Å². The van der Waals surface area contributed by atoms with Gasteiger partial charge in [0, 0.05) is 5.69 Å². The summed E-state index contributed by atoms with van der Waals surface area (Å²) >= 11 is 0. The average Bonchev–Trinajstić information content (AvgIpc) is 2.16. The van der Waals surface area contributed by atoms with Crippen LogP contribution in [0.3, 0.4) is 0 Å². The van der Waals surface area contributed by atoms with E-state index < -0.39 is 0 Å². The maximum absolute atomic E-state index is 5.39. The van der Waals surface area contributed by atoms with E-state index in [2.05, 4.69) is 45.7 Å². The van der Waals surface area contributed by atoms with Gasteiger partial charge in [-0.15, -0.1) is 0 Å². The number of aryl methyl sites for hydroxylation is 1. The molecule has 1 heterocycles. The quantitative estimate of drug-likeness (QED) is 0.754. The summed E-state index contributed by atoms with van der Waals surface area (Å²) in [5.41, 5.74) is 3.45. The first-order valence-corrected chi connectivity index (χ1v) is 5.52. The largest absolute Gasteiger partial charge is 0.495 e. The highest BCUT2D eigenvalue weighted by Gasteiger charge is 2.14. The van der Waals surface area contributed by atoms with Crippen LogP contribution in [0, 0.1) is 6.92 Å². The lowest BCUT2D eigenvalue weighted by Gasteiger charge is -2.16. The summed E-state index contributed by atoms with van der Waals surface area (Å²) in [6.07, 6.45) is 0. The second kappa shape index (κ2) is 4.65. The van der Waals surface area contributed by atoms with Crippen LogP contribution in [0.4, 0.5) is 0 Å². The molecule has 15 heavy (non-hydrogen) atoms. The summed E-state index contributed by atoms with van der Waals surface area (Å²) < 4.78 is 5.39. The van der Waals surface area contributed by atoms with Crippen LogP contribution < -0.4 is 4.74 Å². The molecule has 0 unspecified atom stereocenters. The zero-order valence-corrected chi connectivity index (χ0v) is 10.6. The van der Waals surface area contributed by atoms with Crippen LogP contribution in [0.1, 0.15) is 56.5 Å². The molecule has 0 amide bonds. The van der Waals surface area contributed by atoms with Gasteiger partial charge in [0.25, 0.3) is 0 Å². The molecule has 84 valence electrons. The fourth-order valence-electron chi connectivity index (χ4n) is 1.78. The maximum atomic E-state index is 5.39. The topological polar surface area (TPSA) is 22.1 Å². The Morgan fingerprint density at radius 2 is 1.73 bits per heavy atom. The Bertz CT molecular complexity index is 343. The summed E-state index contributed by atoms with van der Waals surface area (Å²) in [7, 11) is 1.71. The Kier molecular flexibility index (Phi) is 3.72. The smallest absolute Gasteiger partial charge is 0.140 e. The molecule has 0 atom stereocenters. The summed E-state index contributed by atoms with van der Waals surface area (Å²) in [6.45, 7) is 10.7. The Balaban J connectivity index is 3.29. The lowest BCUT2D eigenvalue weighted by molar-refractivity contribution is 0.403. The van der Waals surface area contributed by atoms with Gasteiger partial charge in [0.2, 0.25) is 0 Å². The number of rotatable bonds is 3. The Labute approximate surface area is 92.7 Å². The van der Waals surface area contributed by atoms with Gasteiger partial charge in [0.1, 0.15) is 5.75 Å². The number of hydrogen-bond donors (Lipinski definition) is 0. The lowest BCUT2D eigenvalue weighted by atomic mass is 9.99. The van der Waals surface area contributed by atoms with Crippen LogP contribution in [0.2, 0.25) is 0 Å². The van der Waals surface area contributed by atoms with E-state index in [1.54, 1.807) is 7.11 Å². The molecule has 2 heteroatoms. The molecular formula is C13H21NO. The summed E-state index contributed by atoms with van der Waals surface area (Å²) in [6, 6.07) is 2.13. The molecule has 1 rings (SSSR count). The van der Waals surface area contributed by atoms with Crippen molar-refractivity contribution in [2.75, 3.05) is 7.11 Å². The van der Waals surface area contributed by atoms with Gasteiger partial charge in [-0.25, -0.2) is 0 Å². The van der Waals surface area contributed by atoms with Crippen LogP contribution in [-0.2, 0) is 0 Å². The van der Waals surface area contributed by atoms with Crippen molar-refractivity contribution in [3.63, 3.8) is 0 Å². The second-order valence-corrected chi connectivity index (χ2v) is 4.56. The van der Waals surface area contributed by atoms with Crippen molar-refractivity contribution in [1.82, 2.24) is 4.98 Å². The molecule has 1 aromatic rings. The molecule has 0 N–H and O–H groups in total. The van der Waals surface area contributed by atoms with Gasteiger partial charge in [0.15, 0.2) is 0 Å². The normalized spacial score (nSPS) is 11.2. The number of methoxy groups -OCH3 is 1. The summed E-state index contributed by atoms with van der Waals surface area (Å²) in [4.78, 5) is 4.64. The standard InChI is InChI=1S/C13H21NO/c1-8(2)11-7-12(15-6)13(9(3)4)14-10(11)5/h7-9H,1-6H3. The van der Waals surface area contributed by atoms with E-state index in [0.717, 1.165) is 17.1 Å². The average molecular weight is 207 g/mol. The predicted molar refractivity (Wildman–Crippen MR) is 63.7 cm³/mol. The summed E-state index contributed by atoms with van der Waals surface area (Å²) in [5.74, 6) is 1.81. The first-order chi connectivity index (χ1) is 6.97. The lowest BCUT2D eigenvalue weighted by Crippen LogP contribution is -2.04. The van der Waals surface area contributed by atoms with E-state index >= 15 is 0 Å². The fraction of sp³-hybridized carbons (Fsp3) is 0.615. The number of nitrogens with zero attached hydrogens (tertiary/aromatic N) is 1. The number of pyridine rings is 1. The number of hydrogen-bond acceptors (Lipinski definition) is 2. The van der Waals surface area contributed by atoms with Gasteiger partial charge in [-0.1, -0.05) is 27.7 Å². The van der Waals surface area contributed by atoms with E-state index in [0.29, 0.717) is 11.8 Å². The van der Waals surface area contributed by atoms with E-state index in [-0.39, 0.29) is 0 Å². The third-order valence-electron chi connectivity index (χ3n) is 2.63. The molecule has 0 aliphatic heterocycles. The van der Waals surface area contributed by atoms with E-state index in [4.69, 9.17) is 4.74 Å².